The quantitative estimate of drug-likeness (QED) is 0.552. The molecule has 182 valence electrons. The van der Waals surface area contributed by atoms with Crippen LogP contribution in [0, 0.1) is 5.82 Å². The third kappa shape index (κ3) is 6.08. The molecule has 1 heterocycles. The molecule has 2 aromatic rings. The van der Waals surface area contributed by atoms with Gasteiger partial charge in [-0.25, -0.2) is 4.39 Å². The number of nitrogens with zero attached hydrogens (tertiary/aromatic N) is 1. The van der Waals surface area contributed by atoms with Crippen LogP contribution in [0.25, 0.3) is 0 Å². The maximum atomic E-state index is 14.9. The van der Waals surface area contributed by atoms with E-state index < -0.39 is 53.0 Å². The summed E-state index contributed by atoms with van der Waals surface area (Å²) in [6.45, 7) is 0.831. The van der Waals surface area contributed by atoms with Gasteiger partial charge in [0.2, 0.25) is 0 Å². The van der Waals surface area contributed by atoms with Gasteiger partial charge in [-0.05, 0) is 29.8 Å². The maximum Gasteiger partial charge on any atom is 0.573 e. The Morgan fingerprint density at radius 2 is 1.39 bits per heavy atom. The number of alkyl halides is 9. The Balaban J connectivity index is 2.17. The summed E-state index contributed by atoms with van der Waals surface area (Å²) in [6, 6.07) is 2.04. The van der Waals surface area contributed by atoms with Crippen LogP contribution < -0.4 is 10.1 Å². The van der Waals surface area contributed by atoms with E-state index in [1.54, 1.807) is 0 Å². The van der Waals surface area contributed by atoms with Crippen LogP contribution in [-0.2, 0) is 12.4 Å². The van der Waals surface area contributed by atoms with E-state index in [4.69, 9.17) is 0 Å². The molecule has 0 aliphatic carbocycles. The van der Waals surface area contributed by atoms with Gasteiger partial charge in [0.25, 0.3) is 0 Å². The summed E-state index contributed by atoms with van der Waals surface area (Å²) in [4.78, 5) is 1.41. The van der Waals surface area contributed by atoms with Crippen LogP contribution in [0.4, 0.5) is 43.9 Å². The number of benzene rings is 2. The lowest BCUT2D eigenvalue weighted by Gasteiger charge is -2.37. The molecular formula is C20H16F10N2O. The highest BCUT2D eigenvalue weighted by Gasteiger charge is 2.43. The fourth-order valence-electron chi connectivity index (χ4n) is 3.65. The minimum absolute atomic E-state index is 0.0130. The van der Waals surface area contributed by atoms with Crippen molar-refractivity contribution in [2.75, 3.05) is 26.2 Å². The van der Waals surface area contributed by atoms with Crippen LogP contribution in [-0.4, -0.2) is 37.4 Å². The highest BCUT2D eigenvalue weighted by Crippen LogP contribution is 2.44. The molecule has 0 unspecified atom stereocenters. The number of ether oxygens (including phenoxy) is 1. The van der Waals surface area contributed by atoms with Crippen molar-refractivity contribution in [2.45, 2.75) is 24.8 Å². The minimum Gasteiger partial charge on any atom is -0.406 e. The molecule has 1 saturated heterocycles. The van der Waals surface area contributed by atoms with Crippen molar-refractivity contribution in [3.8, 4) is 5.75 Å². The number of rotatable bonds is 4. The number of piperazine rings is 1. The highest BCUT2D eigenvalue weighted by molar-refractivity contribution is 5.44. The van der Waals surface area contributed by atoms with Gasteiger partial charge in [-0.15, -0.1) is 13.2 Å². The molecule has 1 atom stereocenters. The third-order valence-corrected chi connectivity index (χ3v) is 4.98. The fourth-order valence-corrected chi connectivity index (χ4v) is 3.65. The molecule has 0 aromatic heterocycles. The van der Waals surface area contributed by atoms with Gasteiger partial charge >= 0.3 is 18.7 Å². The molecule has 1 aliphatic heterocycles. The molecule has 33 heavy (non-hydrogen) atoms. The zero-order valence-electron chi connectivity index (χ0n) is 16.5. The summed E-state index contributed by atoms with van der Waals surface area (Å²) in [5.41, 5.74) is -4.70. The van der Waals surface area contributed by atoms with Gasteiger partial charge in [-0.1, -0.05) is 12.1 Å². The zero-order valence-corrected chi connectivity index (χ0v) is 16.5. The van der Waals surface area contributed by atoms with Gasteiger partial charge in [0.1, 0.15) is 11.6 Å². The monoisotopic (exact) mass is 490 g/mol. The van der Waals surface area contributed by atoms with Crippen molar-refractivity contribution in [1.82, 2.24) is 10.2 Å². The third-order valence-electron chi connectivity index (χ3n) is 4.98. The lowest BCUT2D eigenvalue weighted by Crippen LogP contribution is -2.46. The van der Waals surface area contributed by atoms with Crippen LogP contribution in [0.5, 0.6) is 5.75 Å². The predicted octanol–water partition coefficient (Wildman–Crippen LogP) is 5.76. The Hall–Kier alpha value is -2.54. The average Bonchev–Trinajstić information content (AvgIpc) is 2.68. The lowest BCUT2D eigenvalue weighted by atomic mass is 9.90. The Bertz CT molecular complexity index is 961. The van der Waals surface area contributed by atoms with Gasteiger partial charge in [-0.2, -0.15) is 26.3 Å². The van der Waals surface area contributed by atoms with Gasteiger partial charge < -0.3 is 10.1 Å². The van der Waals surface area contributed by atoms with Crippen molar-refractivity contribution in [3.63, 3.8) is 0 Å². The zero-order chi connectivity index (χ0) is 24.6. The van der Waals surface area contributed by atoms with E-state index in [0.717, 1.165) is 24.3 Å². The normalized spacial score (nSPS) is 17.2. The van der Waals surface area contributed by atoms with E-state index in [1.807, 2.05) is 0 Å². The molecule has 3 rings (SSSR count). The van der Waals surface area contributed by atoms with Crippen LogP contribution in [0.2, 0.25) is 0 Å². The van der Waals surface area contributed by atoms with Crippen molar-refractivity contribution >= 4 is 0 Å². The van der Waals surface area contributed by atoms with Crippen molar-refractivity contribution < 1.29 is 48.6 Å². The fraction of sp³-hybridized carbons (Fsp3) is 0.400. The first-order valence-corrected chi connectivity index (χ1v) is 9.45. The molecule has 0 radical (unpaired) electrons. The highest BCUT2D eigenvalue weighted by atomic mass is 19.4. The average molecular weight is 490 g/mol. The largest absolute Gasteiger partial charge is 0.573 e. The van der Waals surface area contributed by atoms with E-state index in [1.165, 1.54) is 4.90 Å². The van der Waals surface area contributed by atoms with Crippen molar-refractivity contribution in [1.29, 1.82) is 0 Å². The molecule has 0 spiro atoms. The summed E-state index contributed by atoms with van der Waals surface area (Å²) in [7, 11) is 0. The smallest absolute Gasteiger partial charge is 0.406 e. The molecule has 0 bridgehead atoms. The Morgan fingerprint density at radius 1 is 0.818 bits per heavy atom. The number of hydrogen-bond donors (Lipinski definition) is 1. The van der Waals surface area contributed by atoms with Crippen molar-refractivity contribution in [3.05, 3.63) is 64.5 Å². The van der Waals surface area contributed by atoms with E-state index in [-0.39, 0.29) is 30.8 Å². The molecule has 3 nitrogen and oxygen atoms in total. The first-order chi connectivity index (χ1) is 15.2. The molecule has 0 saturated carbocycles. The van der Waals surface area contributed by atoms with E-state index >= 15 is 0 Å². The molecule has 2 aromatic carbocycles. The second-order valence-corrected chi connectivity index (χ2v) is 7.22. The predicted molar refractivity (Wildman–Crippen MR) is 95.8 cm³/mol. The van der Waals surface area contributed by atoms with Crippen LogP contribution >= 0.6 is 0 Å². The van der Waals surface area contributed by atoms with E-state index in [9.17, 15) is 43.9 Å². The van der Waals surface area contributed by atoms with E-state index in [0.29, 0.717) is 13.1 Å². The second-order valence-electron chi connectivity index (χ2n) is 7.22. The summed E-state index contributed by atoms with van der Waals surface area (Å²) >= 11 is 0. The summed E-state index contributed by atoms with van der Waals surface area (Å²) < 4.78 is 137. The van der Waals surface area contributed by atoms with Gasteiger partial charge in [0.15, 0.2) is 0 Å². The molecule has 0 amide bonds. The van der Waals surface area contributed by atoms with Gasteiger partial charge in [0.05, 0.1) is 17.2 Å². The summed E-state index contributed by atoms with van der Waals surface area (Å²) in [5.74, 6) is -2.38. The van der Waals surface area contributed by atoms with Crippen LogP contribution in [0.3, 0.4) is 0 Å². The summed E-state index contributed by atoms with van der Waals surface area (Å²) in [5, 5.41) is 2.94. The molecule has 1 fully saturated rings. The Kier molecular flexibility index (Phi) is 6.85. The Labute approximate surface area is 180 Å². The van der Waals surface area contributed by atoms with Gasteiger partial charge in [-0.3, -0.25) is 4.90 Å². The number of hydrogen-bond acceptors (Lipinski definition) is 3. The second kappa shape index (κ2) is 9.01. The molecular weight excluding hydrogens is 474 g/mol. The lowest BCUT2D eigenvalue weighted by molar-refractivity contribution is -0.274. The SMILES string of the molecule is Fc1cc(C(F)(F)F)cc(C(F)(F)F)c1[C@H](c1ccc(OC(F)(F)F)cc1)N1CCNCC1. The van der Waals surface area contributed by atoms with Crippen LogP contribution in [0.1, 0.15) is 28.3 Å². The minimum atomic E-state index is -5.33. The first kappa shape index (κ1) is 25.1. The molecule has 1 aliphatic rings. The Morgan fingerprint density at radius 3 is 1.88 bits per heavy atom. The maximum absolute atomic E-state index is 14.9. The topological polar surface area (TPSA) is 24.5 Å². The number of halogens is 10. The molecule has 1 N–H and O–H groups in total. The van der Waals surface area contributed by atoms with Crippen LogP contribution in [0.15, 0.2) is 36.4 Å². The van der Waals surface area contributed by atoms with Crippen molar-refractivity contribution in [2.24, 2.45) is 0 Å². The van der Waals surface area contributed by atoms with E-state index in [2.05, 4.69) is 10.1 Å². The summed E-state index contributed by atoms with van der Waals surface area (Å²) in [6.07, 6.45) is -15.6. The first-order valence-electron chi connectivity index (χ1n) is 9.45. The standard InChI is InChI=1S/C20H16F10N2O/c21-15-10-12(18(22,23)24)9-14(19(25,26)27)16(15)17(32-7-5-31-6-8-32)11-1-3-13(4-2-11)33-20(28,29)30/h1-4,9-10,17,31H,5-8H2/t17-/m0/s1. The van der Waals surface area contributed by atoms with Gasteiger partial charge in [0, 0.05) is 31.7 Å². The number of nitrogens with one attached hydrogen (secondary N) is 1. The molecule has 13 heteroatoms.